The number of carbonyl (C=O) groups excluding carboxylic acids is 2. The van der Waals surface area contributed by atoms with Crippen molar-refractivity contribution in [2.45, 2.75) is 78.6 Å². The predicted molar refractivity (Wildman–Crippen MR) is 125 cm³/mol. The van der Waals surface area contributed by atoms with Crippen molar-refractivity contribution in [1.29, 1.82) is 0 Å². The van der Waals surface area contributed by atoms with Crippen LogP contribution in [0.4, 0.5) is 15.4 Å². The molecular formula is C24H39N3O6. The lowest BCUT2D eigenvalue weighted by atomic mass is 9.99. The number of likely N-dealkylation sites (tertiary alicyclic amines) is 1. The molecule has 1 saturated heterocycles. The van der Waals surface area contributed by atoms with Gasteiger partial charge in [-0.25, -0.2) is 14.6 Å². The van der Waals surface area contributed by atoms with E-state index in [1.165, 1.54) is 0 Å². The van der Waals surface area contributed by atoms with Crippen LogP contribution in [0.15, 0.2) is 12.1 Å². The molecule has 0 unspecified atom stereocenters. The van der Waals surface area contributed by atoms with E-state index in [-0.39, 0.29) is 24.7 Å². The van der Waals surface area contributed by atoms with Gasteiger partial charge in [0.1, 0.15) is 17.0 Å². The summed E-state index contributed by atoms with van der Waals surface area (Å²) in [7, 11) is 0. The van der Waals surface area contributed by atoms with Crippen molar-refractivity contribution in [3.05, 3.63) is 23.4 Å². The third-order valence-corrected chi connectivity index (χ3v) is 4.79. The monoisotopic (exact) mass is 465 g/mol. The minimum atomic E-state index is -0.606. The average Bonchev–Trinajstić information content (AvgIpc) is 3.01. The number of nitrogens with one attached hydrogen (secondary N) is 1. The van der Waals surface area contributed by atoms with E-state index in [1.807, 2.05) is 33.8 Å². The first-order valence-electron chi connectivity index (χ1n) is 11.4. The molecule has 186 valence electrons. The molecule has 0 bridgehead atoms. The van der Waals surface area contributed by atoms with Crippen LogP contribution in [0.3, 0.4) is 0 Å². The highest BCUT2D eigenvalue weighted by molar-refractivity contribution is 5.83. The predicted octanol–water partition coefficient (Wildman–Crippen LogP) is 3.91. The van der Waals surface area contributed by atoms with Gasteiger partial charge in [-0.1, -0.05) is 0 Å². The van der Waals surface area contributed by atoms with Gasteiger partial charge in [0.05, 0.1) is 12.6 Å². The molecule has 33 heavy (non-hydrogen) atoms. The summed E-state index contributed by atoms with van der Waals surface area (Å²) in [4.78, 5) is 31.0. The van der Waals surface area contributed by atoms with Crippen molar-refractivity contribution < 1.29 is 28.9 Å². The van der Waals surface area contributed by atoms with Crippen molar-refractivity contribution in [1.82, 2.24) is 9.88 Å². The van der Waals surface area contributed by atoms with E-state index in [2.05, 4.69) is 10.3 Å². The second-order valence-corrected chi connectivity index (χ2v) is 10.5. The van der Waals surface area contributed by atoms with Gasteiger partial charge in [0.2, 0.25) is 0 Å². The SMILES string of the molecule is Cc1cc(C[C@@H]2CN(C(=O)OC(C)(C)C)C[C@@H]2OCCCO)nc(NC(=O)OC(C)(C)C)c1. The zero-order valence-electron chi connectivity index (χ0n) is 20.9. The maximum atomic E-state index is 12.6. The molecule has 2 heterocycles. The molecule has 9 nitrogen and oxygen atoms in total. The van der Waals surface area contributed by atoms with E-state index in [1.54, 1.807) is 31.7 Å². The Morgan fingerprint density at radius 1 is 1.12 bits per heavy atom. The lowest BCUT2D eigenvalue weighted by molar-refractivity contribution is 0.0148. The molecule has 2 amide bonds. The summed E-state index contributed by atoms with van der Waals surface area (Å²) in [6, 6.07) is 3.74. The maximum Gasteiger partial charge on any atom is 0.413 e. The van der Waals surface area contributed by atoms with E-state index in [0.717, 1.165) is 11.3 Å². The summed E-state index contributed by atoms with van der Waals surface area (Å²) in [6.07, 6.45) is -0.0385. The first-order valence-corrected chi connectivity index (χ1v) is 11.4. The molecule has 0 radical (unpaired) electrons. The summed E-state index contributed by atoms with van der Waals surface area (Å²) in [6.45, 7) is 14.2. The highest BCUT2D eigenvalue weighted by Gasteiger charge is 2.38. The Labute approximate surface area is 196 Å². The Balaban J connectivity index is 2.13. The van der Waals surface area contributed by atoms with Gasteiger partial charge in [-0.15, -0.1) is 0 Å². The molecular weight excluding hydrogens is 426 g/mol. The van der Waals surface area contributed by atoms with E-state index in [9.17, 15) is 9.59 Å². The van der Waals surface area contributed by atoms with E-state index in [4.69, 9.17) is 19.3 Å². The number of hydrogen-bond donors (Lipinski definition) is 2. The number of carbonyl (C=O) groups is 2. The number of aryl methyl sites for hydroxylation is 1. The molecule has 2 N–H and O–H groups in total. The number of aliphatic hydroxyl groups excluding tert-OH is 1. The van der Waals surface area contributed by atoms with E-state index < -0.39 is 17.3 Å². The first-order chi connectivity index (χ1) is 15.3. The van der Waals surface area contributed by atoms with Gasteiger partial charge in [-0.3, -0.25) is 5.32 Å². The van der Waals surface area contributed by atoms with Crippen LogP contribution in [0.1, 0.15) is 59.2 Å². The number of nitrogens with zero attached hydrogens (tertiary/aromatic N) is 2. The molecule has 2 rings (SSSR count). The molecule has 0 spiro atoms. The number of anilines is 1. The second kappa shape index (κ2) is 11.2. The standard InChI is InChI=1S/C24H39N3O6/c1-16-11-18(25-20(12-16)26-21(29)32-23(2,3)4)13-17-14-27(22(30)33-24(5,6)7)15-19(17)31-10-8-9-28/h11-12,17,19,28H,8-10,13-15H2,1-7H3,(H,25,26,29)/t17-,19+/m1/s1. The average molecular weight is 466 g/mol. The number of pyridine rings is 1. The topological polar surface area (TPSA) is 110 Å². The summed E-state index contributed by atoms with van der Waals surface area (Å²) in [5, 5.41) is 11.8. The number of ether oxygens (including phenoxy) is 3. The van der Waals surface area contributed by atoms with Gasteiger partial charge in [-0.2, -0.15) is 0 Å². The van der Waals surface area contributed by atoms with Crippen LogP contribution < -0.4 is 5.32 Å². The van der Waals surface area contributed by atoms with Crippen LogP contribution in [0.2, 0.25) is 0 Å². The van der Waals surface area contributed by atoms with Crippen LogP contribution in [-0.4, -0.2) is 70.8 Å². The Morgan fingerprint density at radius 2 is 1.79 bits per heavy atom. The largest absolute Gasteiger partial charge is 0.444 e. The van der Waals surface area contributed by atoms with Crippen LogP contribution in [0.25, 0.3) is 0 Å². The van der Waals surface area contributed by atoms with Gasteiger partial charge < -0.3 is 24.2 Å². The lowest BCUT2D eigenvalue weighted by Gasteiger charge is -2.24. The Morgan fingerprint density at radius 3 is 2.39 bits per heavy atom. The van der Waals surface area contributed by atoms with Gasteiger partial charge in [0, 0.05) is 31.4 Å². The zero-order valence-corrected chi connectivity index (χ0v) is 20.9. The number of rotatable bonds is 7. The highest BCUT2D eigenvalue weighted by atomic mass is 16.6. The van der Waals surface area contributed by atoms with Gasteiger partial charge >= 0.3 is 12.2 Å². The molecule has 1 aliphatic rings. The lowest BCUT2D eigenvalue weighted by Crippen LogP contribution is -2.36. The third kappa shape index (κ3) is 9.55. The Kier molecular flexibility index (Phi) is 9.08. The molecule has 0 aliphatic carbocycles. The van der Waals surface area contributed by atoms with Crippen molar-refractivity contribution in [2.24, 2.45) is 5.92 Å². The van der Waals surface area contributed by atoms with Gasteiger partial charge in [0.25, 0.3) is 0 Å². The molecule has 9 heteroatoms. The van der Waals surface area contributed by atoms with Crippen LogP contribution in [-0.2, 0) is 20.6 Å². The van der Waals surface area contributed by atoms with Crippen LogP contribution in [0.5, 0.6) is 0 Å². The molecule has 2 atom stereocenters. The van der Waals surface area contributed by atoms with Crippen molar-refractivity contribution in [2.75, 3.05) is 31.6 Å². The second-order valence-electron chi connectivity index (χ2n) is 10.5. The minimum absolute atomic E-state index is 0.000104. The fourth-order valence-corrected chi connectivity index (χ4v) is 3.59. The molecule has 1 aliphatic heterocycles. The molecule has 0 aromatic carbocycles. The Hall–Kier alpha value is -2.39. The van der Waals surface area contributed by atoms with E-state index >= 15 is 0 Å². The summed E-state index contributed by atoms with van der Waals surface area (Å²) in [5.74, 6) is 0.416. The zero-order chi connectivity index (χ0) is 24.8. The fraction of sp³-hybridized carbons (Fsp3) is 0.708. The van der Waals surface area contributed by atoms with Crippen LogP contribution >= 0.6 is 0 Å². The van der Waals surface area contributed by atoms with Gasteiger partial charge in [0.15, 0.2) is 0 Å². The molecule has 1 fully saturated rings. The first kappa shape index (κ1) is 26.9. The van der Waals surface area contributed by atoms with Gasteiger partial charge in [-0.05, 0) is 79.0 Å². The summed E-state index contributed by atoms with van der Waals surface area (Å²) >= 11 is 0. The third-order valence-electron chi connectivity index (χ3n) is 4.79. The summed E-state index contributed by atoms with van der Waals surface area (Å²) < 4.78 is 16.8. The molecule has 0 saturated carbocycles. The number of aliphatic hydroxyl groups is 1. The van der Waals surface area contributed by atoms with Crippen molar-refractivity contribution in [3.63, 3.8) is 0 Å². The summed E-state index contributed by atoms with van der Waals surface area (Å²) in [5.41, 5.74) is 0.548. The van der Waals surface area contributed by atoms with Crippen molar-refractivity contribution >= 4 is 18.0 Å². The van der Waals surface area contributed by atoms with E-state index in [0.29, 0.717) is 38.4 Å². The normalized spacial score (nSPS) is 18.8. The smallest absolute Gasteiger partial charge is 0.413 e. The number of amides is 2. The molecule has 1 aromatic rings. The molecule has 1 aromatic heterocycles. The Bertz CT molecular complexity index is 815. The van der Waals surface area contributed by atoms with Crippen molar-refractivity contribution in [3.8, 4) is 0 Å². The van der Waals surface area contributed by atoms with Crippen LogP contribution in [0, 0.1) is 12.8 Å². The number of aromatic nitrogens is 1. The highest BCUT2D eigenvalue weighted by Crippen LogP contribution is 2.26. The quantitative estimate of drug-likeness (QED) is 0.587. The number of hydrogen-bond acceptors (Lipinski definition) is 7. The fourth-order valence-electron chi connectivity index (χ4n) is 3.59. The minimum Gasteiger partial charge on any atom is -0.444 e. The maximum absolute atomic E-state index is 12.6.